The Morgan fingerprint density at radius 1 is 1.57 bits per heavy atom. The van der Waals surface area contributed by atoms with Crippen molar-refractivity contribution in [3.05, 3.63) is 34.4 Å². The summed E-state index contributed by atoms with van der Waals surface area (Å²) in [6, 6.07) is 6.32. The summed E-state index contributed by atoms with van der Waals surface area (Å²) >= 11 is 0. The molecule has 0 unspecified atom stereocenters. The minimum Gasteiger partial charge on any atom is -0.484 e. The van der Waals surface area contributed by atoms with Gasteiger partial charge in [-0.15, -0.1) is 0 Å². The van der Waals surface area contributed by atoms with Crippen LogP contribution in [0.3, 0.4) is 0 Å². The first-order chi connectivity index (χ1) is 6.77. The molecule has 1 atom stereocenters. The summed E-state index contributed by atoms with van der Waals surface area (Å²) in [5.74, 6) is 0.299. The van der Waals surface area contributed by atoms with Crippen molar-refractivity contribution in [3.8, 4) is 5.75 Å². The largest absolute Gasteiger partial charge is 0.484 e. The average molecular weight is 195 g/mol. The molecule has 0 aromatic heterocycles. The van der Waals surface area contributed by atoms with E-state index in [9.17, 15) is 10.1 Å². The number of benzene rings is 1. The fourth-order valence-electron chi connectivity index (χ4n) is 1.08. The maximum Gasteiger partial charge on any atom is 0.310 e. The van der Waals surface area contributed by atoms with E-state index in [4.69, 9.17) is 9.47 Å². The van der Waals surface area contributed by atoms with Gasteiger partial charge in [0.05, 0.1) is 11.5 Å². The molecule has 74 valence electrons. The molecule has 0 amide bonds. The second-order valence-corrected chi connectivity index (χ2v) is 2.99. The van der Waals surface area contributed by atoms with E-state index in [0.29, 0.717) is 19.0 Å². The smallest absolute Gasteiger partial charge is 0.310 e. The minimum atomic E-state index is -0.455. The van der Waals surface area contributed by atoms with Crippen LogP contribution < -0.4 is 4.74 Å². The molecule has 14 heavy (non-hydrogen) atoms. The lowest BCUT2D eigenvalue weighted by Gasteiger charge is -2.03. The third kappa shape index (κ3) is 2.00. The summed E-state index contributed by atoms with van der Waals surface area (Å²) in [6.07, 6.45) is 0.106. The lowest BCUT2D eigenvalue weighted by molar-refractivity contribution is -0.385. The Kier molecular flexibility index (Phi) is 2.32. The predicted molar refractivity (Wildman–Crippen MR) is 48.3 cm³/mol. The molecule has 0 spiro atoms. The van der Waals surface area contributed by atoms with Crippen molar-refractivity contribution in [2.75, 3.05) is 13.2 Å². The highest BCUT2D eigenvalue weighted by Crippen LogP contribution is 2.26. The Balaban J connectivity index is 2.09. The van der Waals surface area contributed by atoms with Gasteiger partial charge < -0.3 is 9.47 Å². The van der Waals surface area contributed by atoms with Crippen molar-refractivity contribution in [1.29, 1.82) is 0 Å². The summed E-state index contributed by atoms with van der Waals surface area (Å²) in [5, 5.41) is 10.6. The molecule has 1 saturated heterocycles. The van der Waals surface area contributed by atoms with E-state index >= 15 is 0 Å². The summed E-state index contributed by atoms with van der Waals surface area (Å²) < 4.78 is 10.2. The van der Waals surface area contributed by atoms with Crippen molar-refractivity contribution in [1.82, 2.24) is 0 Å². The van der Waals surface area contributed by atoms with E-state index in [-0.39, 0.29) is 11.8 Å². The Morgan fingerprint density at radius 2 is 2.29 bits per heavy atom. The summed E-state index contributed by atoms with van der Waals surface area (Å²) in [6.45, 7) is 1.06. The van der Waals surface area contributed by atoms with Crippen LogP contribution in [-0.2, 0) is 4.74 Å². The number of nitrogens with zero attached hydrogens (tertiary/aromatic N) is 1. The highest BCUT2D eigenvalue weighted by Gasteiger charge is 2.24. The van der Waals surface area contributed by atoms with E-state index in [1.54, 1.807) is 18.2 Å². The summed E-state index contributed by atoms with van der Waals surface area (Å²) in [7, 11) is 0. The van der Waals surface area contributed by atoms with Gasteiger partial charge in [0.1, 0.15) is 12.7 Å². The Labute approximate surface area is 80.4 Å². The Hall–Kier alpha value is -1.62. The Bertz CT molecular complexity index is 348. The highest BCUT2D eigenvalue weighted by molar-refractivity contribution is 5.45. The zero-order chi connectivity index (χ0) is 9.97. The molecule has 1 aliphatic heterocycles. The maximum absolute atomic E-state index is 10.6. The number of para-hydroxylation sites is 2. The van der Waals surface area contributed by atoms with Crippen molar-refractivity contribution in [3.63, 3.8) is 0 Å². The highest BCUT2D eigenvalue weighted by atomic mass is 16.6. The first-order valence-electron chi connectivity index (χ1n) is 4.25. The van der Waals surface area contributed by atoms with Crippen LogP contribution in [0.15, 0.2) is 24.3 Å². The molecule has 0 saturated carbocycles. The SMILES string of the molecule is O=[N+]([O-])c1ccccc1OC[C@H]1CO1. The van der Waals surface area contributed by atoms with Gasteiger partial charge in [-0.25, -0.2) is 0 Å². The molecule has 5 heteroatoms. The fraction of sp³-hybridized carbons (Fsp3) is 0.333. The predicted octanol–water partition coefficient (Wildman–Crippen LogP) is 1.37. The number of nitro benzene ring substituents is 1. The van der Waals surface area contributed by atoms with Crippen LogP contribution in [0.4, 0.5) is 5.69 Å². The first kappa shape index (κ1) is 8.96. The monoisotopic (exact) mass is 195 g/mol. The Morgan fingerprint density at radius 3 is 2.93 bits per heavy atom. The van der Waals surface area contributed by atoms with Crippen molar-refractivity contribution in [2.45, 2.75) is 6.10 Å². The molecule has 1 aromatic rings. The van der Waals surface area contributed by atoms with Gasteiger partial charge in [-0.2, -0.15) is 0 Å². The van der Waals surface area contributed by atoms with Gasteiger partial charge in [-0.05, 0) is 6.07 Å². The molecule has 1 fully saturated rings. The maximum atomic E-state index is 10.6. The van der Waals surface area contributed by atoms with E-state index in [2.05, 4.69) is 0 Å². The summed E-state index contributed by atoms with van der Waals surface area (Å²) in [5.41, 5.74) is -0.00634. The average Bonchev–Trinajstić information content (AvgIpc) is 2.98. The van der Waals surface area contributed by atoms with Gasteiger partial charge in [0, 0.05) is 6.07 Å². The third-order valence-electron chi connectivity index (χ3n) is 1.89. The fourth-order valence-corrected chi connectivity index (χ4v) is 1.08. The third-order valence-corrected chi connectivity index (χ3v) is 1.89. The van der Waals surface area contributed by atoms with Crippen molar-refractivity contribution < 1.29 is 14.4 Å². The first-order valence-corrected chi connectivity index (χ1v) is 4.25. The molecule has 5 nitrogen and oxygen atoms in total. The normalized spacial score (nSPS) is 19.0. The van der Waals surface area contributed by atoms with Crippen LogP contribution in [-0.4, -0.2) is 24.2 Å². The lowest BCUT2D eigenvalue weighted by atomic mass is 10.3. The molecule has 2 rings (SSSR count). The van der Waals surface area contributed by atoms with Crippen LogP contribution in [0, 0.1) is 10.1 Å². The minimum absolute atomic E-state index is 0.00634. The van der Waals surface area contributed by atoms with Crippen molar-refractivity contribution >= 4 is 5.69 Å². The molecule has 0 N–H and O–H groups in total. The topological polar surface area (TPSA) is 64.9 Å². The number of epoxide rings is 1. The van der Waals surface area contributed by atoms with Gasteiger partial charge in [0.2, 0.25) is 0 Å². The van der Waals surface area contributed by atoms with Gasteiger partial charge in [0.25, 0.3) is 0 Å². The molecular formula is C9H9NO4. The standard InChI is InChI=1S/C9H9NO4/c11-10(12)8-3-1-2-4-9(8)14-6-7-5-13-7/h1-4,7H,5-6H2/t7-/m1/s1. The van der Waals surface area contributed by atoms with E-state index in [0.717, 1.165) is 0 Å². The number of hydrogen-bond donors (Lipinski definition) is 0. The van der Waals surface area contributed by atoms with E-state index in [1.807, 2.05) is 0 Å². The van der Waals surface area contributed by atoms with E-state index < -0.39 is 4.92 Å². The molecule has 1 aliphatic rings. The molecule has 0 aliphatic carbocycles. The van der Waals surface area contributed by atoms with Crippen molar-refractivity contribution in [2.24, 2.45) is 0 Å². The van der Waals surface area contributed by atoms with Gasteiger partial charge in [-0.3, -0.25) is 10.1 Å². The van der Waals surface area contributed by atoms with Crippen LogP contribution >= 0.6 is 0 Å². The van der Waals surface area contributed by atoms with E-state index in [1.165, 1.54) is 6.07 Å². The van der Waals surface area contributed by atoms with Crippen LogP contribution in [0.5, 0.6) is 5.75 Å². The zero-order valence-electron chi connectivity index (χ0n) is 7.38. The number of rotatable bonds is 4. The molecule has 1 aromatic carbocycles. The quantitative estimate of drug-likeness (QED) is 0.413. The number of nitro groups is 1. The van der Waals surface area contributed by atoms with Crippen LogP contribution in [0.25, 0.3) is 0 Å². The molecular weight excluding hydrogens is 186 g/mol. The van der Waals surface area contributed by atoms with Gasteiger partial charge in [0.15, 0.2) is 5.75 Å². The molecule has 0 radical (unpaired) electrons. The number of hydrogen-bond acceptors (Lipinski definition) is 4. The van der Waals surface area contributed by atoms with Gasteiger partial charge in [-0.1, -0.05) is 12.1 Å². The van der Waals surface area contributed by atoms with Gasteiger partial charge >= 0.3 is 5.69 Å². The van der Waals surface area contributed by atoms with Crippen LogP contribution in [0.2, 0.25) is 0 Å². The number of ether oxygens (including phenoxy) is 2. The zero-order valence-corrected chi connectivity index (χ0v) is 7.38. The summed E-state index contributed by atoms with van der Waals surface area (Å²) in [4.78, 5) is 10.1. The molecule has 1 heterocycles. The van der Waals surface area contributed by atoms with Crippen LogP contribution in [0.1, 0.15) is 0 Å². The second-order valence-electron chi connectivity index (χ2n) is 2.99. The lowest BCUT2D eigenvalue weighted by Crippen LogP contribution is -2.05. The second kappa shape index (κ2) is 3.63. The molecule has 0 bridgehead atoms.